The highest BCUT2D eigenvalue weighted by Gasteiger charge is 2.43. The van der Waals surface area contributed by atoms with Gasteiger partial charge in [-0.05, 0) is 43.0 Å². The maximum atomic E-state index is 11.3. The highest BCUT2D eigenvalue weighted by molar-refractivity contribution is 5.56. The summed E-state index contributed by atoms with van der Waals surface area (Å²) in [5.74, 6) is 1.17. The van der Waals surface area contributed by atoms with Crippen molar-refractivity contribution in [1.29, 1.82) is 0 Å². The van der Waals surface area contributed by atoms with Gasteiger partial charge in [0.05, 0.1) is 18.1 Å². The van der Waals surface area contributed by atoms with E-state index in [4.69, 9.17) is 4.74 Å². The zero-order valence-electron chi connectivity index (χ0n) is 14.7. The van der Waals surface area contributed by atoms with Crippen LogP contribution >= 0.6 is 0 Å². The average Bonchev–Trinajstić information content (AvgIpc) is 3.42. The minimum atomic E-state index is -0.385. The van der Waals surface area contributed by atoms with Gasteiger partial charge in [0.25, 0.3) is 0 Å². The topological polar surface area (TPSA) is 80.5 Å². The second kappa shape index (κ2) is 6.92. The molecule has 7 heteroatoms. The third kappa shape index (κ3) is 3.22. The van der Waals surface area contributed by atoms with Gasteiger partial charge in [-0.15, -0.1) is 0 Å². The highest BCUT2D eigenvalue weighted by atomic mass is 16.6. The van der Waals surface area contributed by atoms with Crippen LogP contribution in [0.25, 0.3) is 0 Å². The van der Waals surface area contributed by atoms with Crippen molar-refractivity contribution in [3.63, 3.8) is 0 Å². The molecule has 1 aromatic carbocycles. The molecule has 1 aliphatic carbocycles. The molecule has 7 nitrogen and oxygen atoms in total. The number of hydrogen-bond donors (Lipinski definition) is 1. The van der Waals surface area contributed by atoms with Crippen molar-refractivity contribution < 1.29 is 9.66 Å². The Bertz CT molecular complexity index is 809. The van der Waals surface area contributed by atoms with Gasteiger partial charge < -0.3 is 10.1 Å². The first-order chi connectivity index (χ1) is 12.7. The number of ether oxygens (including phenoxy) is 1. The number of nitrogens with one attached hydrogen (secondary N) is 1. The van der Waals surface area contributed by atoms with Crippen LogP contribution in [0.3, 0.4) is 0 Å². The van der Waals surface area contributed by atoms with E-state index >= 15 is 0 Å². The quantitative estimate of drug-likeness (QED) is 0.633. The van der Waals surface area contributed by atoms with E-state index in [1.807, 2.05) is 12.1 Å². The number of rotatable bonds is 6. The predicted molar refractivity (Wildman–Crippen MR) is 98.4 cm³/mol. The van der Waals surface area contributed by atoms with Gasteiger partial charge in [0.15, 0.2) is 0 Å². The molecule has 1 aromatic heterocycles. The van der Waals surface area contributed by atoms with E-state index in [2.05, 4.69) is 27.3 Å². The standard InChI is InChI=1S/C19H22N4O3/c1-26-15-5-2-4-13(12-15)18-16(9-11-22(18)14-7-8-14)21-19-17(23(24)25)6-3-10-20-19/h2-6,10,12,14,16,18H,7-9,11H2,1H3,(H,20,21). The molecule has 1 aliphatic heterocycles. The van der Waals surface area contributed by atoms with Crippen LogP contribution in [0.15, 0.2) is 42.6 Å². The van der Waals surface area contributed by atoms with Crippen molar-refractivity contribution in [1.82, 2.24) is 9.88 Å². The van der Waals surface area contributed by atoms with Crippen LogP contribution in [0.2, 0.25) is 0 Å². The molecule has 2 heterocycles. The second-order valence-electron chi connectivity index (χ2n) is 6.86. The Kier molecular flexibility index (Phi) is 4.46. The van der Waals surface area contributed by atoms with Crippen LogP contribution < -0.4 is 10.1 Å². The van der Waals surface area contributed by atoms with Gasteiger partial charge >= 0.3 is 5.69 Å². The van der Waals surface area contributed by atoms with Crippen molar-refractivity contribution in [2.75, 3.05) is 19.0 Å². The van der Waals surface area contributed by atoms with E-state index in [0.717, 1.165) is 18.7 Å². The third-order valence-corrected chi connectivity index (χ3v) is 5.19. The summed E-state index contributed by atoms with van der Waals surface area (Å²) in [6.45, 7) is 0.977. The lowest BCUT2D eigenvalue weighted by Gasteiger charge is -2.29. The number of aromatic nitrogens is 1. The van der Waals surface area contributed by atoms with Gasteiger partial charge in [-0.1, -0.05) is 12.1 Å². The molecule has 2 atom stereocenters. The molecule has 26 heavy (non-hydrogen) atoms. The molecular formula is C19H22N4O3. The molecule has 2 aliphatic rings. The largest absolute Gasteiger partial charge is 0.497 e. The molecule has 2 unspecified atom stereocenters. The molecule has 2 fully saturated rings. The molecule has 0 radical (unpaired) electrons. The summed E-state index contributed by atoms with van der Waals surface area (Å²) in [6, 6.07) is 12.0. The lowest BCUT2D eigenvalue weighted by Crippen LogP contribution is -2.33. The lowest BCUT2D eigenvalue weighted by atomic mass is 9.99. The van der Waals surface area contributed by atoms with Gasteiger partial charge in [-0.3, -0.25) is 15.0 Å². The molecule has 4 rings (SSSR count). The summed E-state index contributed by atoms with van der Waals surface area (Å²) in [6.07, 6.45) is 4.95. The number of nitro groups is 1. The Hall–Kier alpha value is -2.67. The first-order valence-electron chi connectivity index (χ1n) is 8.93. The summed E-state index contributed by atoms with van der Waals surface area (Å²) in [7, 11) is 1.67. The van der Waals surface area contributed by atoms with Crippen LogP contribution in [0.5, 0.6) is 5.75 Å². The van der Waals surface area contributed by atoms with Crippen molar-refractivity contribution >= 4 is 11.5 Å². The van der Waals surface area contributed by atoms with E-state index in [0.29, 0.717) is 11.9 Å². The zero-order valence-corrected chi connectivity index (χ0v) is 14.7. The fourth-order valence-corrected chi connectivity index (χ4v) is 3.86. The number of hydrogen-bond acceptors (Lipinski definition) is 6. The second-order valence-corrected chi connectivity index (χ2v) is 6.86. The monoisotopic (exact) mass is 354 g/mol. The maximum Gasteiger partial charge on any atom is 0.311 e. The number of nitrogens with zero attached hydrogens (tertiary/aromatic N) is 3. The van der Waals surface area contributed by atoms with Crippen molar-refractivity contribution in [2.45, 2.75) is 37.4 Å². The first kappa shape index (κ1) is 16.8. The Morgan fingerprint density at radius 3 is 2.85 bits per heavy atom. The summed E-state index contributed by atoms with van der Waals surface area (Å²) >= 11 is 0. The normalized spacial score (nSPS) is 23.0. The number of likely N-dealkylation sites (tertiary alicyclic amines) is 1. The molecular weight excluding hydrogens is 332 g/mol. The molecule has 1 N–H and O–H groups in total. The number of methoxy groups -OCH3 is 1. The fraction of sp³-hybridized carbons (Fsp3) is 0.421. The van der Waals surface area contributed by atoms with Crippen molar-refractivity contribution in [3.8, 4) is 5.75 Å². The fourth-order valence-electron chi connectivity index (χ4n) is 3.86. The van der Waals surface area contributed by atoms with Crippen molar-refractivity contribution in [3.05, 3.63) is 58.3 Å². The zero-order chi connectivity index (χ0) is 18.1. The SMILES string of the molecule is COc1cccc(C2C(Nc3ncccc3[N+](=O)[O-])CCN2C2CC2)c1. The number of benzene rings is 1. The van der Waals surface area contributed by atoms with Crippen LogP contribution in [0, 0.1) is 10.1 Å². The number of anilines is 1. The van der Waals surface area contributed by atoms with Crippen LogP contribution in [0.4, 0.5) is 11.5 Å². The minimum Gasteiger partial charge on any atom is -0.497 e. The van der Waals surface area contributed by atoms with E-state index in [-0.39, 0.29) is 22.7 Å². The number of pyridine rings is 1. The summed E-state index contributed by atoms with van der Waals surface area (Å²) in [4.78, 5) is 17.7. The van der Waals surface area contributed by atoms with Crippen LogP contribution in [-0.2, 0) is 0 Å². The van der Waals surface area contributed by atoms with Gasteiger partial charge in [0.1, 0.15) is 5.75 Å². The Morgan fingerprint density at radius 1 is 1.27 bits per heavy atom. The third-order valence-electron chi connectivity index (χ3n) is 5.19. The van der Waals surface area contributed by atoms with Gasteiger partial charge in [-0.2, -0.15) is 0 Å². The smallest absolute Gasteiger partial charge is 0.311 e. The van der Waals surface area contributed by atoms with Crippen molar-refractivity contribution in [2.24, 2.45) is 0 Å². The van der Waals surface area contributed by atoms with Crippen LogP contribution in [0.1, 0.15) is 30.9 Å². The molecule has 1 saturated heterocycles. The summed E-state index contributed by atoms with van der Waals surface area (Å²) < 4.78 is 5.39. The van der Waals surface area contributed by atoms with Crippen LogP contribution in [-0.4, -0.2) is 40.5 Å². The molecule has 0 spiro atoms. The van der Waals surface area contributed by atoms with E-state index in [1.54, 1.807) is 19.4 Å². The van der Waals surface area contributed by atoms with Gasteiger partial charge in [-0.25, -0.2) is 4.98 Å². The Morgan fingerprint density at radius 2 is 2.12 bits per heavy atom. The molecule has 0 amide bonds. The predicted octanol–water partition coefficient (Wildman–Crippen LogP) is 3.39. The lowest BCUT2D eigenvalue weighted by molar-refractivity contribution is -0.384. The Labute approximate surface area is 152 Å². The summed E-state index contributed by atoms with van der Waals surface area (Å²) in [5.41, 5.74) is 1.19. The minimum absolute atomic E-state index is 0.0155. The van der Waals surface area contributed by atoms with E-state index < -0.39 is 0 Å². The van der Waals surface area contributed by atoms with Gasteiger partial charge in [0.2, 0.25) is 5.82 Å². The Balaban J connectivity index is 1.65. The van der Waals surface area contributed by atoms with Gasteiger partial charge in [0, 0.05) is 30.9 Å². The first-order valence-corrected chi connectivity index (χ1v) is 8.93. The average molecular weight is 354 g/mol. The van der Waals surface area contributed by atoms with E-state index in [9.17, 15) is 10.1 Å². The summed E-state index contributed by atoms with van der Waals surface area (Å²) in [5, 5.41) is 14.7. The molecule has 1 saturated carbocycles. The molecule has 136 valence electrons. The van der Waals surface area contributed by atoms with E-state index in [1.165, 1.54) is 24.5 Å². The molecule has 2 aromatic rings. The molecule has 0 bridgehead atoms. The maximum absolute atomic E-state index is 11.3. The highest BCUT2D eigenvalue weighted by Crippen LogP contribution is 2.43.